The molecule has 3 aromatic rings. The number of nitrogens with one attached hydrogen (secondary N) is 1. The number of fused-ring (bicyclic) bond motifs is 1. The van der Waals surface area contributed by atoms with Gasteiger partial charge in [-0.2, -0.15) is 5.10 Å². The number of hydrogen-bond acceptors (Lipinski definition) is 4. The summed E-state index contributed by atoms with van der Waals surface area (Å²) in [6.45, 7) is 6.69. The maximum atomic E-state index is 13.3. The summed E-state index contributed by atoms with van der Waals surface area (Å²) < 4.78 is 15.2. The lowest BCUT2D eigenvalue weighted by atomic mass is 10.1. The Kier molecular flexibility index (Phi) is 6.15. The standard InChI is InChI=1S/C26H32FN5O/c1-17-22(11-12-26(33)28-15-19-5-6-19)18(2)32-25(29-17)14-23(30-32)24-4-3-13-31(24)16-20-7-9-21(27)10-8-20/h7-10,14,19,24H,3-6,11-13,15-16H2,1-2H3,(H,28,33). The van der Waals surface area contributed by atoms with Crippen molar-refractivity contribution in [3.05, 3.63) is 64.4 Å². The molecule has 1 N–H and O–H groups in total. The number of carbonyl (C=O) groups excluding carboxylic acids is 1. The van der Waals surface area contributed by atoms with Crippen molar-refractivity contribution >= 4 is 11.6 Å². The molecule has 1 unspecified atom stereocenters. The van der Waals surface area contributed by atoms with Crippen LogP contribution in [0.3, 0.4) is 0 Å². The Morgan fingerprint density at radius 2 is 1.97 bits per heavy atom. The number of likely N-dealkylation sites (tertiary alicyclic amines) is 1. The highest BCUT2D eigenvalue weighted by atomic mass is 19.1. The van der Waals surface area contributed by atoms with Gasteiger partial charge in [-0.3, -0.25) is 9.69 Å². The van der Waals surface area contributed by atoms with Crippen LogP contribution in [0.15, 0.2) is 30.3 Å². The molecule has 2 aliphatic rings. The molecule has 5 rings (SSSR count). The summed E-state index contributed by atoms with van der Waals surface area (Å²) >= 11 is 0. The molecule has 6 nitrogen and oxygen atoms in total. The first kappa shape index (κ1) is 22.0. The Morgan fingerprint density at radius 3 is 2.73 bits per heavy atom. The van der Waals surface area contributed by atoms with Gasteiger partial charge in [-0.05, 0) is 81.7 Å². The van der Waals surface area contributed by atoms with E-state index >= 15 is 0 Å². The van der Waals surface area contributed by atoms with Crippen LogP contribution < -0.4 is 5.32 Å². The zero-order valence-corrected chi connectivity index (χ0v) is 19.5. The Bertz CT molecular complexity index is 1150. The minimum atomic E-state index is -0.204. The molecule has 0 radical (unpaired) electrons. The molecule has 1 aliphatic carbocycles. The summed E-state index contributed by atoms with van der Waals surface area (Å²) in [5, 5.41) is 8.00. The quantitative estimate of drug-likeness (QED) is 0.558. The second-order valence-electron chi connectivity index (χ2n) is 9.60. The van der Waals surface area contributed by atoms with Crippen LogP contribution in [0.4, 0.5) is 4.39 Å². The molecule has 0 spiro atoms. The molecule has 3 heterocycles. The Labute approximate surface area is 194 Å². The van der Waals surface area contributed by atoms with Gasteiger partial charge in [0.25, 0.3) is 0 Å². The molecule has 1 saturated heterocycles. The number of rotatable bonds is 8. The van der Waals surface area contributed by atoms with Gasteiger partial charge < -0.3 is 5.32 Å². The summed E-state index contributed by atoms with van der Waals surface area (Å²) in [6, 6.07) is 9.09. The van der Waals surface area contributed by atoms with Crippen molar-refractivity contribution in [1.29, 1.82) is 0 Å². The van der Waals surface area contributed by atoms with Crippen LogP contribution in [0.1, 0.15) is 66.4 Å². The summed E-state index contributed by atoms with van der Waals surface area (Å²) in [5.41, 5.74) is 6.13. The number of carbonyl (C=O) groups is 1. The molecule has 174 valence electrons. The predicted molar refractivity (Wildman–Crippen MR) is 125 cm³/mol. The molecular formula is C26H32FN5O. The zero-order valence-electron chi connectivity index (χ0n) is 19.5. The van der Waals surface area contributed by atoms with Crippen molar-refractivity contribution < 1.29 is 9.18 Å². The highest BCUT2D eigenvalue weighted by molar-refractivity contribution is 5.76. The summed E-state index contributed by atoms with van der Waals surface area (Å²) in [6.07, 6.45) is 5.80. The van der Waals surface area contributed by atoms with Crippen LogP contribution in [-0.2, 0) is 17.8 Å². The first-order chi connectivity index (χ1) is 16.0. The van der Waals surface area contributed by atoms with E-state index in [4.69, 9.17) is 10.1 Å². The minimum Gasteiger partial charge on any atom is -0.356 e. The number of halogens is 1. The predicted octanol–water partition coefficient (Wildman–Crippen LogP) is 4.28. The van der Waals surface area contributed by atoms with E-state index in [0.717, 1.165) is 66.3 Å². The van der Waals surface area contributed by atoms with Crippen LogP contribution in [0.25, 0.3) is 5.65 Å². The molecule has 1 atom stereocenters. The summed E-state index contributed by atoms with van der Waals surface area (Å²) in [4.78, 5) is 19.5. The fraction of sp³-hybridized carbons (Fsp3) is 0.500. The molecule has 2 fully saturated rings. The third-order valence-electron chi connectivity index (χ3n) is 7.07. The van der Waals surface area contributed by atoms with Crippen molar-refractivity contribution in [3.63, 3.8) is 0 Å². The number of aryl methyl sites for hydroxylation is 2. The number of benzene rings is 1. The van der Waals surface area contributed by atoms with E-state index in [0.29, 0.717) is 18.8 Å². The van der Waals surface area contributed by atoms with Crippen LogP contribution in [0.2, 0.25) is 0 Å². The second-order valence-corrected chi connectivity index (χ2v) is 9.60. The van der Waals surface area contributed by atoms with E-state index in [1.165, 1.54) is 25.0 Å². The summed E-state index contributed by atoms with van der Waals surface area (Å²) in [5.74, 6) is 0.602. The van der Waals surface area contributed by atoms with Crippen molar-refractivity contribution in [3.8, 4) is 0 Å². The van der Waals surface area contributed by atoms with E-state index in [1.807, 2.05) is 23.6 Å². The maximum Gasteiger partial charge on any atom is 0.220 e. The molecule has 0 bridgehead atoms. The highest BCUT2D eigenvalue weighted by Gasteiger charge is 2.29. The van der Waals surface area contributed by atoms with E-state index in [2.05, 4.69) is 23.2 Å². The Hall–Kier alpha value is -2.80. The normalized spacial score (nSPS) is 18.8. The molecule has 33 heavy (non-hydrogen) atoms. The highest BCUT2D eigenvalue weighted by Crippen LogP contribution is 2.33. The molecule has 1 amide bonds. The Balaban J connectivity index is 1.32. The number of amides is 1. The van der Waals surface area contributed by atoms with Gasteiger partial charge >= 0.3 is 0 Å². The maximum absolute atomic E-state index is 13.3. The van der Waals surface area contributed by atoms with Crippen LogP contribution in [0, 0.1) is 25.6 Å². The summed E-state index contributed by atoms with van der Waals surface area (Å²) in [7, 11) is 0. The van der Waals surface area contributed by atoms with Crippen molar-refractivity contribution in [1.82, 2.24) is 24.8 Å². The van der Waals surface area contributed by atoms with Gasteiger partial charge in [-0.25, -0.2) is 13.9 Å². The van der Waals surface area contributed by atoms with Gasteiger partial charge in [-0.15, -0.1) is 0 Å². The van der Waals surface area contributed by atoms with Crippen LogP contribution in [-0.4, -0.2) is 38.5 Å². The Morgan fingerprint density at radius 1 is 1.18 bits per heavy atom. The lowest BCUT2D eigenvalue weighted by Gasteiger charge is -2.23. The fourth-order valence-electron chi connectivity index (χ4n) is 4.95. The van der Waals surface area contributed by atoms with Crippen molar-refractivity contribution in [2.45, 2.75) is 65.0 Å². The first-order valence-corrected chi connectivity index (χ1v) is 12.1. The van der Waals surface area contributed by atoms with Crippen molar-refractivity contribution in [2.75, 3.05) is 13.1 Å². The van der Waals surface area contributed by atoms with Gasteiger partial charge in [0.2, 0.25) is 5.91 Å². The first-order valence-electron chi connectivity index (χ1n) is 12.1. The molecule has 1 aliphatic heterocycles. The number of nitrogens with zero attached hydrogens (tertiary/aromatic N) is 4. The SMILES string of the molecule is Cc1nc2cc(C3CCCN3Cc3ccc(F)cc3)nn2c(C)c1CCC(=O)NCC1CC1. The molecule has 1 saturated carbocycles. The fourth-order valence-corrected chi connectivity index (χ4v) is 4.95. The topological polar surface area (TPSA) is 62.5 Å². The molecule has 2 aromatic heterocycles. The van der Waals surface area contributed by atoms with Crippen molar-refractivity contribution in [2.24, 2.45) is 5.92 Å². The molecular weight excluding hydrogens is 417 g/mol. The van der Waals surface area contributed by atoms with E-state index in [-0.39, 0.29) is 17.8 Å². The van der Waals surface area contributed by atoms with E-state index in [9.17, 15) is 9.18 Å². The van der Waals surface area contributed by atoms with Crippen LogP contribution >= 0.6 is 0 Å². The van der Waals surface area contributed by atoms with Crippen LogP contribution in [0.5, 0.6) is 0 Å². The lowest BCUT2D eigenvalue weighted by Crippen LogP contribution is -2.26. The smallest absolute Gasteiger partial charge is 0.220 e. The largest absolute Gasteiger partial charge is 0.356 e. The number of aromatic nitrogens is 3. The zero-order chi connectivity index (χ0) is 22.9. The van der Waals surface area contributed by atoms with E-state index in [1.54, 1.807) is 0 Å². The average molecular weight is 450 g/mol. The van der Waals surface area contributed by atoms with Gasteiger partial charge in [0.05, 0.1) is 11.7 Å². The molecule has 7 heteroatoms. The third kappa shape index (κ3) is 4.93. The minimum absolute atomic E-state index is 0.115. The van der Waals surface area contributed by atoms with Gasteiger partial charge in [0.15, 0.2) is 5.65 Å². The lowest BCUT2D eigenvalue weighted by molar-refractivity contribution is -0.121. The van der Waals surface area contributed by atoms with Gasteiger partial charge in [0.1, 0.15) is 5.82 Å². The second kappa shape index (κ2) is 9.21. The average Bonchev–Trinajstić information content (AvgIpc) is 3.35. The van der Waals surface area contributed by atoms with Gasteiger partial charge in [0, 0.05) is 37.0 Å². The van der Waals surface area contributed by atoms with Gasteiger partial charge in [-0.1, -0.05) is 12.1 Å². The monoisotopic (exact) mass is 449 g/mol. The third-order valence-corrected chi connectivity index (χ3v) is 7.07. The van der Waals surface area contributed by atoms with E-state index < -0.39 is 0 Å². The molecule has 1 aromatic carbocycles. The number of hydrogen-bond donors (Lipinski definition) is 1.